The summed E-state index contributed by atoms with van der Waals surface area (Å²) in [7, 11) is 0. The van der Waals surface area contributed by atoms with Crippen molar-refractivity contribution in [2.45, 2.75) is 25.8 Å². The van der Waals surface area contributed by atoms with E-state index in [1.807, 2.05) is 6.07 Å². The summed E-state index contributed by atoms with van der Waals surface area (Å²) in [5.41, 5.74) is 1.31. The molecule has 1 N–H and O–H groups in total. The first-order valence-electron chi connectivity index (χ1n) is 7.68. The lowest BCUT2D eigenvalue weighted by Crippen LogP contribution is -2.27. The summed E-state index contributed by atoms with van der Waals surface area (Å²) in [6.07, 6.45) is 2.96. The first-order chi connectivity index (χ1) is 10.4. The van der Waals surface area contributed by atoms with Gasteiger partial charge >= 0.3 is 0 Å². The van der Waals surface area contributed by atoms with E-state index in [2.05, 4.69) is 44.6 Å². The zero-order valence-corrected chi connectivity index (χ0v) is 13.5. The summed E-state index contributed by atoms with van der Waals surface area (Å²) in [4.78, 5) is 6.88. The molecule has 22 heavy (non-hydrogen) atoms. The molecule has 1 aliphatic rings. The van der Waals surface area contributed by atoms with Crippen molar-refractivity contribution in [1.82, 2.24) is 20.4 Å². The molecule has 120 valence electrons. The van der Waals surface area contributed by atoms with Crippen LogP contribution in [0.2, 0.25) is 0 Å². The molecular formula is C16H23ClN4O. The number of aryl methyl sites for hydroxylation is 2. The van der Waals surface area contributed by atoms with Gasteiger partial charge < -0.3 is 9.84 Å². The Kier molecular flexibility index (Phi) is 6.83. The Hall–Kier alpha value is -1.43. The van der Waals surface area contributed by atoms with E-state index in [9.17, 15) is 0 Å². The van der Waals surface area contributed by atoms with Gasteiger partial charge in [0.2, 0.25) is 5.89 Å². The van der Waals surface area contributed by atoms with E-state index in [-0.39, 0.29) is 12.4 Å². The van der Waals surface area contributed by atoms with Gasteiger partial charge in [-0.25, -0.2) is 0 Å². The Balaban J connectivity index is 0.00000176. The fraction of sp³-hybridized carbons (Fsp3) is 0.500. The summed E-state index contributed by atoms with van der Waals surface area (Å²) < 4.78 is 5.37. The van der Waals surface area contributed by atoms with Gasteiger partial charge in [0.15, 0.2) is 5.82 Å². The first kappa shape index (κ1) is 16.9. The van der Waals surface area contributed by atoms with E-state index < -0.39 is 0 Å². The van der Waals surface area contributed by atoms with Crippen molar-refractivity contribution >= 4 is 12.4 Å². The molecule has 2 heterocycles. The van der Waals surface area contributed by atoms with Crippen LogP contribution in [-0.2, 0) is 19.4 Å². The smallest absolute Gasteiger partial charge is 0.240 e. The van der Waals surface area contributed by atoms with Crippen LogP contribution in [0.1, 0.15) is 23.7 Å². The minimum atomic E-state index is 0. The van der Waals surface area contributed by atoms with Crippen molar-refractivity contribution in [3.63, 3.8) is 0 Å². The summed E-state index contributed by atoms with van der Waals surface area (Å²) in [5.74, 6) is 1.54. The molecule has 0 aliphatic carbocycles. The highest BCUT2D eigenvalue weighted by atomic mass is 35.5. The topological polar surface area (TPSA) is 54.2 Å². The Morgan fingerprint density at radius 1 is 1.09 bits per heavy atom. The SMILES string of the molecule is Cl.c1ccc(CCc2noc(CN3CCCNCC3)n2)cc1. The van der Waals surface area contributed by atoms with Crippen molar-refractivity contribution in [3.8, 4) is 0 Å². The Morgan fingerprint density at radius 3 is 2.82 bits per heavy atom. The van der Waals surface area contributed by atoms with Crippen molar-refractivity contribution in [3.05, 3.63) is 47.6 Å². The Bertz CT molecular complexity index is 538. The lowest BCUT2D eigenvalue weighted by molar-refractivity contribution is 0.238. The molecule has 0 radical (unpaired) electrons. The summed E-state index contributed by atoms with van der Waals surface area (Å²) in [5, 5.41) is 7.49. The van der Waals surface area contributed by atoms with Crippen LogP contribution in [0.25, 0.3) is 0 Å². The van der Waals surface area contributed by atoms with Gasteiger partial charge in [0.1, 0.15) is 0 Å². The van der Waals surface area contributed by atoms with Crippen molar-refractivity contribution in [1.29, 1.82) is 0 Å². The molecule has 1 aromatic carbocycles. The third-order valence-electron chi connectivity index (χ3n) is 3.78. The fourth-order valence-corrected chi connectivity index (χ4v) is 2.61. The van der Waals surface area contributed by atoms with Gasteiger partial charge in [-0.15, -0.1) is 12.4 Å². The summed E-state index contributed by atoms with van der Waals surface area (Å²) in [6.45, 7) is 5.04. The average Bonchev–Trinajstić information content (AvgIpc) is 2.80. The predicted octanol–water partition coefficient (Wildman–Crippen LogP) is 2.07. The molecule has 0 saturated carbocycles. The summed E-state index contributed by atoms with van der Waals surface area (Å²) >= 11 is 0. The highest BCUT2D eigenvalue weighted by molar-refractivity contribution is 5.85. The second-order valence-electron chi connectivity index (χ2n) is 5.47. The summed E-state index contributed by atoms with van der Waals surface area (Å²) in [6, 6.07) is 10.4. The number of halogens is 1. The van der Waals surface area contributed by atoms with Gasteiger partial charge in [-0.05, 0) is 31.5 Å². The van der Waals surface area contributed by atoms with Gasteiger partial charge in [-0.2, -0.15) is 4.98 Å². The van der Waals surface area contributed by atoms with Gasteiger partial charge in [-0.1, -0.05) is 35.5 Å². The molecular weight excluding hydrogens is 300 g/mol. The molecule has 0 atom stereocenters. The van der Waals surface area contributed by atoms with Crippen molar-refractivity contribution in [2.75, 3.05) is 26.2 Å². The van der Waals surface area contributed by atoms with Gasteiger partial charge in [-0.3, -0.25) is 4.90 Å². The zero-order valence-electron chi connectivity index (χ0n) is 12.7. The first-order valence-corrected chi connectivity index (χ1v) is 7.68. The minimum Gasteiger partial charge on any atom is -0.338 e. The molecule has 1 fully saturated rings. The number of aromatic nitrogens is 2. The van der Waals surface area contributed by atoms with Crippen LogP contribution in [0.3, 0.4) is 0 Å². The molecule has 0 bridgehead atoms. The number of nitrogens with one attached hydrogen (secondary N) is 1. The standard InChI is InChI=1S/C16H22N4O.ClH/c1-2-5-14(6-3-1)7-8-15-18-16(21-19-15)13-20-11-4-9-17-10-12-20;/h1-3,5-6,17H,4,7-13H2;1H. The van der Waals surface area contributed by atoms with Gasteiger partial charge in [0, 0.05) is 19.5 Å². The van der Waals surface area contributed by atoms with E-state index in [0.717, 1.165) is 57.3 Å². The molecule has 1 aliphatic heterocycles. The third kappa shape index (κ3) is 5.09. The highest BCUT2D eigenvalue weighted by Crippen LogP contribution is 2.08. The van der Waals surface area contributed by atoms with Crippen molar-refractivity contribution in [2.24, 2.45) is 0 Å². The highest BCUT2D eigenvalue weighted by Gasteiger charge is 2.13. The van der Waals surface area contributed by atoms with Gasteiger partial charge in [0.05, 0.1) is 6.54 Å². The van der Waals surface area contributed by atoms with Crippen molar-refractivity contribution < 1.29 is 4.52 Å². The maximum absolute atomic E-state index is 5.37. The lowest BCUT2D eigenvalue weighted by Gasteiger charge is -2.16. The largest absolute Gasteiger partial charge is 0.338 e. The average molecular weight is 323 g/mol. The zero-order chi connectivity index (χ0) is 14.3. The number of benzene rings is 1. The number of nitrogens with zero attached hydrogens (tertiary/aromatic N) is 3. The van der Waals surface area contributed by atoms with Crippen LogP contribution in [-0.4, -0.2) is 41.2 Å². The second-order valence-corrected chi connectivity index (χ2v) is 5.47. The van der Waals surface area contributed by atoms with Crippen LogP contribution in [0.4, 0.5) is 0 Å². The number of rotatable bonds is 5. The normalized spacial score (nSPS) is 16.0. The maximum atomic E-state index is 5.37. The molecule has 6 heteroatoms. The molecule has 1 aromatic heterocycles. The third-order valence-corrected chi connectivity index (χ3v) is 3.78. The van der Waals surface area contributed by atoms with E-state index in [1.54, 1.807) is 0 Å². The molecule has 0 spiro atoms. The number of hydrogen-bond donors (Lipinski definition) is 1. The molecule has 3 rings (SSSR count). The van der Waals surface area contributed by atoms with E-state index in [4.69, 9.17) is 4.52 Å². The monoisotopic (exact) mass is 322 g/mol. The van der Waals surface area contributed by atoms with E-state index in [0.29, 0.717) is 0 Å². The van der Waals surface area contributed by atoms with Crippen LogP contribution in [0, 0.1) is 0 Å². The molecule has 2 aromatic rings. The Morgan fingerprint density at radius 2 is 1.95 bits per heavy atom. The molecule has 0 unspecified atom stereocenters. The van der Waals surface area contributed by atoms with E-state index in [1.165, 1.54) is 12.0 Å². The predicted molar refractivity (Wildman–Crippen MR) is 88.2 cm³/mol. The second kappa shape index (κ2) is 8.88. The molecule has 5 nitrogen and oxygen atoms in total. The maximum Gasteiger partial charge on any atom is 0.240 e. The van der Waals surface area contributed by atoms with Crippen LogP contribution < -0.4 is 5.32 Å². The lowest BCUT2D eigenvalue weighted by atomic mass is 10.1. The van der Waals surface area contributed by atoms with Crippen LogP contribution in [0.15, 0.2) is 34.9 Å². The quantitative estimate of drug-likeness (QED) is 0.913. The van der Waals surface area contributed by atoms with Crippen LogP contribution in [0.5, 0.6) is 0 Å². The van der Waals surface area contributed by atoms with E-state index >= 15 is 0 Å². The Labute approximate surface area is 137 Å². The van der Waals surface area contributed by atoms with Crippen LogP contribution >= 0.6 is 12.4 Å². The number of hydrogen-bond acceptors (Lipinski definition) is 5. The minimum absolute atomic E-state index is 0. The molecule has 1 saturated heterocycles. The fourth-order valence-electron chi connectivity index (χ4n) is 2.61. The molecule has 0 amide bonds. The van der Waals surface area contributed by atoms with Gasteiger partial charge in [0.25, 0.3) is 0 Å².